The molecule has 3 heteroatoms. The van der Waals surface area contributed by atoms with Crippen LogP contribution in [0.5, 0.6) is 5.75 Å². The van der Waals surface area contributed by atoms with Gasteiger partial charge in [0.2, 0.25) is 0 Å². The average molecular weight is 286 g/mol. The number of allylic oxidation sites excluding steroid dienone is 1. The van der Waals surface area contributed by atoms with Gasteiger partial charge in [0.1, 0.15) is 5.75 Å². The van der Waals surface area contributed by atoms with Crippen LogP contribution in [0.1, 0.15) is 45.1 Å². The van der Waals surface area contributed by atoms with E-state index >= 15 is 0 Å². The predicted molar refractivity (Wildman–Crippen MR) is 89.7 cm³/mol. The van der Waals surface area contributed by atoms with Crippen molar-refractivity contribution in [2.24, 2.45) is 0 Å². The Kier molecular flexibility index (Phi) is 8.04. The van der Waals surface area contributed by atoms with Crippen LogP contribution in [-0.4, -0.2) is 20.2 Å². The van der Waals surface area contributed by atoms with Crippen LogP contribution in [0.25, 0.3) is 6.08 Å². The second-order valence-corrected chi connectivity index (χ2v) is 5.08. The largest absolute Gasteiger partial charge is 0.496 e. The molecule has 21 heavy (non-hydrogen) atoms. The molecule has 1 aromatic carbocycles. The van der Waals surface area contributed by atoms with Gasteiger partial charge < -0.3 is 9.64 Å². The molecule has 0 unspecified atom stereocenters. The minimum absolute atomic E-state index is 0.817. The van der Waals surface area contributed by atoms with Crippen LogP contribution in [0.4, 0.5) is 5.69 Å². The van der Waals surface area contributed by atoms with Crippen molar-refractivity contribution in [1.29, 1.82) is 5.26 Å². The number of benzene rings is 1. The number of rotatable bonds is 9. The minimum Gasteiger partial charge on any atom is -0.496 e. The van der Waals surface area contributed by atoms with Crippen molar-refractivity contribution < 1.29 is 4.74 Å². The molecule has 114 valence electrons. The summed E-state index contributed by atoms with van der Waals surface area (Å²) in [5, 5.41) is 8.64. The SMILES string of the molecule is CCCCN(CCCC)c1ccc(C=CC#N)c(OC)c1. The molecule has 0 aromatic heterocycles. The summed E-state index contributed by atoms with van der Waals surface area (Å²) < 4.78 is 5.45. The molecule has 0 amide bonds. The van der Waals surface area contributed by atoms with Crippen LogP contribution >= 0.6 is 0 Å². The lowest BCUT2D eigenvalue weighted by Crippen LogP contribution is -2.25. The van der Waals surface area contributed by atoms with E-state index in [2.05, 4.69) is 30.9 Å². The molecule has 0 aliphatic rings. The quantitative estimate of drug-likeness (QED) is 0.620. The first-order chi connectivity index (χ1) is 10.3. The highest BCUT2D eigenvalue weighted by atomic mass is 16.5. The molecule has 0 fully saturated rings. The van der Waals surface area contributed by atoms with Gasteiger partial charge in [0.05, 0.1) is 13.2 Å². The van der Waals surface area contributed by atoms with Crippen LogP contribution in [0, 0.1) is 11.3 Å². The monoisotopic (exact) mass is 286 g/mol. The van der Waals surface area contributed by atoms with Crippen LogP contribution < -0.4 is 9.64 Å². The van der Waals surface area contributed by atoms with Gasteiger partial charge in [0.15, 0.2) is 0 Å². The Hall–Kier alpha value is -1.95. The lowest BCUT2D eigenvalue weighted by molar-refractivity contribution is 0.414. The summed E-state index contributed by atoms with van der Waals surface area (Å²) in [5.41, 5.74) is 2.14. The third-order valence-electron chi connectivity index (χ3n) is 3.48. The van der Waals surface area contributed by atoms with Crippen molar-refractivity contribution in [2.75, 3.05) is 25.1 Å². The second kappa shape index (κ2) is 9.88. The highest BCUT2D eigenvalue weighted by molar-refractivity contribution is 5.64. The number of hydrogen-bond donors (Lipinski definition) is 0. The van der Waals surface area contributed by atoms with Crippen molar-refractivity contribution in [3.63, 3.8) is 0 Å². The van der Waals surface area contributed by atoms with Gasteiger partial charge in [-0.15, -0.1) is 0 Å². The van der Waals surface area contributed by atoms with Crippen LogP contribution in [0.15, 0.2) is 24.3 Å². The molecule has 1 aromatic rings. The maximum atomic E-state index is 8.64. The zero-order valence-electron chi connectivity index (χ0n) is 13.4. The molecular formula is C18H26N2O. The molecule has 0 bridgehead atoms. The molecule has 0 radical (unpaired) electrons. The summed E-state index contributed by atoms with van der Waals surface area (Å²) in [5.74, 6) is 0.817. The number of unbranched alkanes of at least 4 members (excludes halogenated alkanes) is 2. The summed E-state index contributed by atoms with van der Waals surface area (Å²) in [6, 6.07) is 8.22. The van der Waals surface area contributed by atoms with E-state index in [4.69, 9.17) is 10.00 Å². The first-order valence-corrected chi connectivity index (χ1v) is 7.75. The Morgan fingerprint density at radius 3 is 2.38 bits per heavy atom. The molecule has 0 N–H and O–H groups in total. The normalized spacial score (nSPS) is 10.6. The molecule has 0 saturated heterocycles. The maximum absolute atomic E-state index is 8.64. The van der Waals surface area contributed by atoms with E-state index in [0.717, 1.165) is 24.4 Å². The van der Waals surface area contributed by atoms with Crippen molar-refractivity contribution in [1.82, 2.24) is 0 Å². The number of anilines is 1. The van der Waals surface area contributed by atoms with Gasteiger partial charge >= 0.3 is 0 Å². The zero-order chi connectivity index (χ0) is 15.5. The Balaban J connectivity index is 2.97. The highest BCUT2D eigenvalue weighted by Gasteiger charge is 2.09. The Bertz CT molecular complexity index is 480. The summed E-state index contributed by atoms with van der Waals surface area (Å²) in [6.07, 6.45) is 8.05. The fourth-order valence-electron chi connectivity index (χ4n) is 2.23. The molecular weight excluding hydrogens is 260 g/mol. The summed E-state index contributed by atoms with van der Waals surface area (Å²) in [7, 11) is 1.67. The summed E-state index contributed by atoms with van der Waals surface area (Å²) >= 11 is 0. The summed E-state index contributed by atoms with van der Waals surface area (Å²) in [6.45, 7) is 6.59. The van der Waals surface area contributed by atoms with E-state index in [1.165, 1.54) is 37.4 Å². The zero-order valence-corrected chi connectivity index (χ0v) is 13.4. The smallest absolute Gasteiger partial charge is 0.128 e. The van der Waals surface area contributed by atoms with Gasteiger partial charge in [0, 0.05) is 36.5 Å². The van der Waals surface area contributed by atoms with Crippen LogP contribution in [-0.2, 0) is 0 Å². The molecule has 1 rings (SSSR count). The maximum Gasteiger partial charge on any atom is 0.128 e. The second-order valence-electron chi connectivity index (χ2n) is 5.08. The van der Waals surface area contributed by atoms with Crippen LogP contribution in [0.3, 0.4) is 0 Å². The summed E-state index contributed by atoms with van der Waals surface area (Å²) in [4.78, 5) is 2.42. The van der Waals surface area contributed by atoms with Gasteiger partial charge in [-0.25, -0.2) is 0 Å². The van der Waals surface area contributed by atoms with E-state index < -0.39 is 0 Å². The van der Waals surface area contributed by atoms with Gasteiger partial charge in [-0.1, -0.05) is 26.7 Å². The third kappa shape index (κ3) is 5.51. The Labute approximate surface area is 128 Å². The number of methoxy groups -OCH3 is 1. The highest BCUT2D eigenvalue weighted by Crippen LogP contribution is 2.27. The van der Waals surface area contributed by atoms with Gasteiger partial charge in [-0.2, -0.15) is 5.26 Å². The van der Waals surface area contributed by atoms with E-state index in [1.54, 1.807) is 13.2 Å². The van der Waals surface area contributed by atoms with Crippen molar-refractivity contribution in [3.8, 4) is 11.8 Å². The molecule has 0 atom stereocenters. The number of nitrogens with zero attached hydrogens (tertiary/aromatic N) is 2. The Morgan fingerprint density at radius 2 is 1.86 bits per heavy atom. The predicted octanol–water partition coefficient (Wildman–Crippen LogP) is 4.64. The van der Waals surface area contributed by atoms with E-state index in [1.807, 2.05) is 12.1 Å². The third-order valence-corrected chi connectivity index (χ3v) is 3.48. The lowest BCUT2D eigenvalue weighted by atomic mass is 10.1. The van der Waals surface area contributed by atoms with Crippen molar-refractivity contribution in [3.05, 3.63) is 29.8 Å². The van der Waals surface area contributed by atoms with Gasteiger partial charge in [0.25, 0.3) is 0 Å². The van der Waals surface area contributed by atoms with E-state index in [0.29, 0.717) is 0 Å². The van der Waals surface area contributed by atoms with E-state index in [9.17, 15) is 0 Å². The molecule has 3 nitrogen and oxygen atoms in total. The first kappa shape index (κ1) is 17.1. The molecule has 0 heterocycles. The molecule has 0 spiro atoms. The molecule has 0 aliphatic heterocycles. The molecule has 0 saturated carbocycles. The number of nitriles is 1. The average Bonchev–Trinajstić information content (AvgIpc) is 2.53. The fraction of sp³-hybridized carbons (Fsp3) is 0.500. The molecule has 0 aliphatic carbocycles. The standard InChI is InChI=1S/C18H26N2O/c1-4-6-13-20(14-7-5-2)17-11-10-16(9-8-12-19)18(15-17)21-3/h8-11,15H,4-7,13-14H2,1-3H3. The Morgan fingerprint density at radius 1 is 1.19 bits per heavy atom. The number of ether oxygens (including phenoxy) is 1. The topological polar surface area (TPSA) is 36.3 Å². The minimum atomic E-state index is 0.817. The number of hydrogen-bond acceptors (Lipinski definition) is 3. The van der Waals surface area contributed by atoms with Gasteiger partial charge in [-0.05, 0) is 31.1 Å². The lowest BCUT2D eigenvalue weighted by Gasteiger charge is -2.25. The fourth-order valence-corrected chi connectivity index (χ4v) is 2.23. The van der Waals surface area contributed by atoms with Crippen LogP contribution in [0.2, 0.25) is 0 Å². The van der Waals surface area contributed by atoms with Crippen molar-refractivity contribution in [2.45, 2.75) is 39.5 Å². The van der Waals surface area contributed by atoms with Crippen molar-refractivity contribution >= 4 is 11.8 Å². The van der Waals surface area contributed by atoms with E-state index in [-0.39, 0.29) is 0 Å². The van der Waals surface area contributed by atoms with Gasteiger partial charge in [-0.3, -0.25) is 0 Å². The first-order valence-electron chi connectivity index (χ1n) is 7.75.